The van der Waals surface area contributed by atoms with E-state index in [-0.39, 0.29) is 0 Å². The van der Waals surface area contributed by atoms with Gasteiger partial charge in [-0.2, -0.15) is 0 Å². The largest absolute Gasteiger partial charge is 0.328 e. The average molecular weight is 197 g/mol. The van der Waals surface area contributed by atoms with Crippen molar-refractivity contribution < 1.29 is 0 Å². The van der Waals surface area contributed by atoms with Gasteiger partial charge in [0.15, 0.2) is 0 Å². The number of nitrogens with two attached hydrogens (primary N) is 1. The van der Waals surface area contributed by atoms with Crippen LogP contribution in [0.25, 0.3) is 0 Å². The third kappa shape index (κ3) is 4.00. The fraction of sp³-hybridized carbons (Fsp3) is 1.00. The minimum Gasteiger partial charge on any atom is -0.328 e. The monoisotopic (exact) mass is 197 g/mol. The molecule has 1 nitrogen and oxygen atoms in total. The van der Waals surface area contributed by atoms with Gasteiger partial charge in [-0.3, -0.25) is 0 Å². The quantitative estimate of drug-likeness (QED) is 0.714. The number of hydrogen-bond donors (Lipinski definition) is 1. The molecule has 0 saturated heterocycles. The second-order valence-corrected chi connectivity index (χ2v) is 5.12. The minimum atomic E-state index is 0.445. The zero-order chi connectivity index (χ0) is 10.4. The highest BCUT2D eigenvalue weighted by Gasteiger charge is 2.19. The Bertz CT molecular complexity index is 138. The zero-order valence-electron chi connectivity index (χ0n) is 9.97. The molecule has 0 bridgehead atoms. The van der Waals surface area contributed by atoms with Crippen LogP contribution in [0.4, 0.5) is 0 Å². The molecule has 14 heavy (non-hydrogen) atoms. The van der Waals surface area contributed by atoms with Gasteiger partial charge >= 0.3 is 0 Å². The van der Waals surface area contributed by atoms with Gasteiger partial charge in [0.1, 0.15) is 0 Å². The summed E-state index contributed by atoms with van der Waals surface area (Å²) in [7, 11) is 0. The molecule has 2 atom stereocenters. The van der Waals surface area contributed by atoms with E-state index in [4.69, 9.17) is 5.73 Å². The van der Waals surface area contributed by atoms with Gasteiger partial charge in [-0.15, -0.1) is 0 Å². The van der Waals surface area contributed by atoms with E-state index in [0.717, 1.165) is 18.3 Å². The Morgan fingerprint density at radius 3 is 2.36 bits per heavy atom. The van der Waals surface area contributed by atoms with Crippen molar-refractivity contribution in [1.82, 2.24) is 0 Å². The van der Waals surface area contributed by atoms with E-state index in [1.54, 1.807) is 0 Å². The maximum atomic E-state index is 5.95. The van der Waals surface area contributed by atoms with Crippen LogP contribution >= 0.6 is 0 Å². The van der Waals surface area contributed by atoms with Crippen LogP contribution < -0.4 is 5.73 Å². The predicted octanol–water partition coefficient (Wildman–Crippen LogP) is 3.72. The van der Waals surface area contributed by atoms with Crippen molar-refractivity contribution in [3.8, 4) is 0 Å². The molecule has 0 heterocycles. The molecular formula is C13H27N. The molecule has 0 radical (unpaired) electrons. The zero-order valence-corrected chi connectivity index (χ0v) is 9.97. The highest BCUT2D eigenvalue weighted by atomic mass is 14.6. The van der Waals surface area contributed by atoms with E-state index in [1.807, 2.05) is 0 Å². The van der Waals surface area contributed by atoms with E-state index in [1.165, 1.54) is 44.9 Å². The molecule has 1 aliphatic carbocycles. The van der Waals surface area contributed by atoms with E-state index < -0.39 is 0 Å². The molecule has 1 rings (SSSR count). The van der Waals surface area contributed by atoms with Crippen molar-refractivity contribution in [3.63, 3.8) is 0 Å². The second kappa shape index (κ2) is 6.44. The maximum absolute atomic E-state index is 5.95. The Balaban J connectivity index is 2.16. The first-order chi connectivity index (χ1) is 6.74. The molecule has 0 aliphatic heterocycles. The third-order valence-electron chi connectivity index (χ3n) is 3.97. The molecule has 2 N–H and O–H groups in total. The molecule has 1 aliphatic rings. The summed E-state index contributed by atoms with van der Waals surface area (Å²) in [5, 5.41) is 0. The van der Waals surface area contributed by atoms with Crippen LogP contribution in [0.5, 0.6) is 0 Å². The molecule has 1 fully saturated rings. The highest BCUT2D eigenvalue weighted by Crippen LogP contribution is 2.32. The number of hydrogen-bond acceptors (Lipinski definition) is 1. The standard InChI is InChI=1S/C13H27N/c1-3-13(14)10-9-11(2)12-7-5-4-6-8-12/h11-13H,3-10,14H2,1-2H3. The van der Waals surface area contributed by atoms with Crippen molar-refractivity contribution in [3.05, 3.63) is 0 Å². The van der Waals surface area contributed by atoms with Crippen LogP contribution in [0, 0.1) is 11.8 Å². The van der Waals surface area contributed by atoms with E-state index in [2.05, 4.69) is 13.8 Å². The van der Waals surface area contributed by atoms with Crippen molar-refractivity contribution in [2.75, 3.05) is 0 Å². The lowest BCUT2D eigenvalue weighted by molar-refractivity contribution is 0.244. The maximum Gasteiger partial charge on any atom is 0.00363 e. The Morgan fingerprint density at radius 2 is 1.79 bits per heavy atom. The molecule has 0 aromatic heterocycles. The molecule has 2 unspecified atom stereocenters. The van der Waals surface area contributed by atoms with E-state index in [0.29, 0.717) is 6.04 Å². The third-order valence-corrected chi connectivity index (χ3v) is 3.97. The van der Waals surface area contributed by atoms with Crippen molar-refractivity contribution in [2.45, 2.75) is 71.3 Å². The molecule has 0 spiro atoms. The average Bonchev–Trinajstić information content (AvgIpc) is 2.26. The van der Waals surface area contributed by atoms with E-state index in [9.17, 15) is 0 Å². The van der Waals surface area contributed by atoms with Gasteiger partial charge in [0, 0.05) is 6.04 Å². The fourth-order valence-corrected chi connectivity index (χ4v) is 2.62. The lowest BCUT2D eigenvalue weighted by atomic mass is 9.78. The van der Waals surface area contributed by atoms with Gasteiger partial charge in [0.05, 0.1) is 0 Å². The van der Waals surface area contributed by atoms with Gasteiger partial charge in [0.25, 0.3) is 0 Å². The molecular weight excluding hydrogens is 170 g/mol. The second-order valence-electron chi connectivity index (χ2n) is 5.12. The molecule has 0 amide bonds. The van der Waals surface area contributed by atoms with Crippen LogP contribution in [0.1, 0.15) is 65.2 Å². The summed E-state index contributed by atoms with van der Waals surface area (Å²) in [6.45, 7) is 4.62. The Labute approximate surface area is 89.5 Å². The van der Waals surface area contributed by atoms with Crippen LogP contribution in [-0.2, 0) is 0 Å². The number of rotatable bonds is 5. The SMILES string of the molecule is CCC(N)CCC(C)C1CCCCC1. The summed E-state index contributed by atoms with van der Waals surface area (Å²) >= 11 is 0. The summed E-state index contributed by atoms with van der Waals surface area (Å²) in [6, 6.07) is 0.445. The summed E-state index contributed by atoms with van der Waals surface area (Å²) in [5.74, 6) is 1.92. The van der Waals surface area contributed by atoms with E-state index >= 15 is 0 Å². The molecule has 0 aromatic rings. The molecule has 1 saturated carbocycles. The molecule has 1 heteroatoms. The van der Waals surface area contributed by atoms with Crippen molar-refractivity contribution in [1.29, 1.82) is 0 Å². The summed E-state index contributed by atoms with van der Waals surface area (Å²) in [5.41, 5.74) is 5.95. The Morgan fingerprint density at radius 1 is 1.14 bits per heavy atom. The van der Waals surface area contributed by atoms with Crippen LogP contribution in [-0.4, -0.2) is 6.04 Å². The smallest absolute Gasteiger partial charge is 0.00363 e. The van der Waals surface area contributed by atoms with Gasteiger partial charge < -0.3 is 5.73 Å². The summed E-state index contributed by atoms with van der Waals surface area (Å²) in [6.07, 6.45) is 11.1. The lowest BCUT2D eigenvalue weighted by Gasteiger charge is -2.28. The van der Waals surface area contributed by atoms with Crippen LogP contribution in [0.2, 0.25) is 0 Å². The first kappa shape index (κ1) is 12.0. The fourth-order valence-electron chi connectivity index (χ4n) is 2.62. The summed E-state index contributed by atoms with van der Waals surface area (Å²) in [4.78, 5) is 0. The first-order valence-corrected chi connectivity index (χ1v) is 6.49. The Hall–Kier alpha value is -0.0400. The van der Waals surface area contributed by atoms with Gasteiger partial charge in [-0.05, 0) is 31.1 Å². The van der Waals surface area contributed by atoms with Gasteiger partial charge in [0.2, 0.25) is 0 Å². The van der Waals surface area contributed by atoms with Gasteiger partial charge in [-0.1, -0.05) is 46.0 Å². The van der Waals surface area contributed by atoms with Crippen molar-refractivity contribution >= 4 is 0 Å². The lowest BCUT2D eigenvalue weighted by Crippen LogP contribution is -2.22. The predicted molar refractivity (Wildman–Crippen MR) is 63.2 cm³/mol. The summed E-state index contributed by atoms with van der Waals surface area (Å²) < 4.78 is 0. The molecule has 0 aromatic carbocycles. The normalized spacial score (nSPS) is 23.4. The minimum absolute atomic E-state index is 0.445. The Kier molecular flexibility index (Phi) is 5.54. The van der Waals surface area contributed by atoms with Gasteiger partial charge in [-0.25, -0.2) is 0 Å². The first-order valence-electron chi connectivity index (χ1n) is 6.49. The topological polar surface area (TPSA) is 26.0 Å². The van der Waals surface area contributed by atoms with Crippen LogP contribution in [0.15, 0.2) is 0 Å². The van der Waals surface area contributed by atoms with Crippen molar-refractivity contribution in [2.24, 2.45) is 17.6 Å². The van der Waals surface area contributed by atoms with Crippen LogP contribution in [0.3, 0.4) is 0 Å². The highest BCUT2D eigenvalue weighted by molar-refractivity contribution is 4.72. The molecule has 84 valence electrons.